The highest BCUT2D eigenvalue weighted by Gasteiger charge is 2.14. The van der Waals surface area contributed by atoms with Gasteiger partial charge in [0, 0.05) is 14.2 Å². The lowest BCUT2D eigenvalue weighted by atomic mass is 10.1. The third-order valence-corrected chi connectivity index (χ3v) is 2.29. The summed E-state index contributed by atoms with van der Waals surface area (Å²) in [5, 5.41) is 0. The average molecular weight is 174 g/mol. The second-order valence-corrected chi connectivity index (χ2v) is 3.21. The van der Waals surface area contributed by atoms with Crippen molar-refractivity contribution in [2.24, 2.45) is 0 Å². The molecule has 74 valence electrons. The Morgan fingerprint density at radius 1 is 1.08 bits per heavy atom. The van der Waals surface area contributed by atoms with Crippen LogP contribution in [0.5, 0.6) is 0 Å². The van der Waals surface area contributed by atoms with Gasteiger partial charge in [-0.05, 0) is 13.3 Å². The maximum Gasteiger partial charge on any atom is 0.0830 e. The van der Waals surface area contributed by atoms with E-state index < -0.39 is 0 Å². The van der Waals surface area contributed by atoms with E-state index in [2.05, 4.69) is 13.8 Å². The van der Waals surface area contributed by atoms with E-state index in [1.165, 1.54) is 19.3 Å². The Labute approximate surface area is 76.3 Å². The predicted octanol–water partition coefficient (Wildman–Crippen LogP) is 2.62. The quantitative estimate of drug-likeness (QED) is 0.552. The summed E-state index contributed by atoms with van der Waals surface area (Å²) in [5.41, 5.74) is 0. The van der Waals surface area contributed by atoms with E-state index in [1.54, 1.807) is 14.2 Å². The van der Waals surface area contributed by atoms with Crippen LogP contribution in [0.25, 0.3) is 0 Å². The van der Waals surface area contributed by atoms with Crippen LogP contribution in [0.4, 0.5) is 0 Å². The first-order valence-electron chi connectivity index (χ1n) is 4.81. The molecule has 0 spiro atoms. The number of hydrogen-bond donors (Lipinski definition) is 0. The first-order chi connectivity index (χ1) is 5.76. The van der Waals surface area contributed by atoms with E-state index in [-0.39, 0.29) is 12.2 Å². The summed E-state index contributed by atoms with van der Waals surface area (Å²) in [6.07, 6.45) is 5.38. The second-order valence-electron chi connectivity index (χ2n) is 3.21. The van der Waals surface area contributed by atoms with Crippen molar-refractivity contribution >= 4 is 0 Å². The highest BCUT2D eigenvalue weighted by atomic mass is 16.5. The van der Waals surface area contributed by atoms with Crippen LogP contribution in [-0.2, 0) is 9.47 Å². The van der Waals surface area contributed by atoms with E-state index in [9.17, 15) is 0 Å². The summed E-state index contributed by atoms with van der Waals surface area (Å²) in [6.45, 7) is 4.27. The molecule has 0 aromatic heterocycles. The second kappa shape index (κ2) is 7.56. The van der Waals surface area contributed by atoms with Crippen LogP contribution in [0.1, 0.15) is 39.5 Å². The molecule has 2 heteroatoms. The van der Waals surface area contributed by atoms with Crippen LogP contribution in [0.15, 0.2) is 0 Å². The van der Waals surface area contributed by atoms with Gasteiger partial charge in [-0.25, -0.2) is 0 Å². The lowest BCUT2D eigenvalue weighted by Crippen LogP contribution is -2.26. The van der Waals surface area contributed by atoms with Gasteiger partial charge in [-0.2, -0.15) is 0 Å². The first-order valence-corrected chi connectivity index (χ1v) is 4.81. The molecule has 0 heterocycles. The minimum absolute atomic E-state index is 0.215. The molecule has 2 nitrogen and oxygen atoms in total. The van der Waals surface area contributed by atoms with Crippen LogP contribution >= 0.6 is 0 Å². The van der Waals surface area contributed by atoms with Gasteiger partial charge in [-0.1, -0.05) is 26.2 Å². The van der Waals surface area contributed by atoms with E-state index in [1.807, 2.05) is 0 Å². The van der Waals surface area contributed by atoms with Crippen molar-refractivity contribution in [3.8, 4) is 0 Å². The van der Waals surface area contributed by atoms with Crippen molar-refractivity contribution in [2.45, 2.75) is 51.7 Å². The maximum atomic E-state index is 5.32. The summed E-state index contributed by atoms with van der Waals surface area (Å²) in [6, 6.07) is 0. The van der Waals surface area contributed by atoms with Gasteiger partial charge in [0.1, 0.15) is 0 Å². The van der Waals surface area contributed by atoms with Gasteiger partial charge in [0.05, 0.1) is 12.2 Å². The van der Waals surface area contributed by atoms with E-state index in [0.717, 1.165) is 6.42 Å². The van der Waals surface area contributed by atoms with Gasteiger partial charge >= 0.3 is 0 Å². The van der Waals surface area contributed by atoms with Crippen LogP contribution < -0.4 is 0 Å². The van der Waals surface area contributed by atoms with Gasteiger partial charge in [0.25, 0.3) is 0 Å². The van der Waals surface area contributed by atoms with Gasteiger partial charge < -0.3 is 9.47 Å². The van der Waals surface area contributed by atoms with Crippen molar-refractivity contribution in [3.63, 3.8) is 0 Å². The molecule has 0 bridgehead atoms. The van der Waals surface area contributed by atoms with E-state index in [0.29, 0.717) is 0 Å². The molecule has 0 aromatic carbocycles. The Bertz CT molecular complexity index is 93.8. The number of rotatable bonds is 7. The first kappa shape index (κ1) is 11.9. The molecule has 2 unspecified atom stereocenters. The summed E-state index contributed by atoms with van der Waals surface area (Å²) in [7, 11) is 3.49. The number of hydrogen-bond acceptors (Lipinski definition) is 2. The molecular formula is C10H22O2. The molecule has 0 aromatic rings. The van der Waals surface area contributed by atoms with Crippen molar-refractivity contribution in [3.05, 3.63) is 0 Å². The lowest BCUT2D eigenvalue weighted by Gasteiger charge is -2.20. The Morgan fingerprint density at radius 2 is 1.75 bits per heavy atom. The molecule has 0 saturated heterocycles. The Hall–Kier alpha value is -0.0800. The molecular weight excluding hydrogens is 152 g/mol. The normalized spacial score (nSPS) is 16.0. The van der Waals surface area contributed by atoms with Crippen molar-refractivity contribution in [1.82, 2.24) is 0 Å². The van der Waals surface area contributed by atoms with Crippen LogP contribution in [0.3, 0.4) is 0 Å². The fraction of sp³-hybridized carbons (Fsp3) is 1.00. The zero-order valence-corrected chi connectivity index (χ0v) is 8.80. The van der Waals surface area contributed by atoms with E-state index >= 15 is 0 Å². The minimum atomic E-state index is 0.215. The zero-order valence-electron chi connectivity index (χ0n) is 8.80. The highest BCUT2D eigenvalue weighted by Crippen LogP contribution is 2.11. The number of unbranched alkanes of at least 4 members (excludes halogenated alkanes) is 2. The summed E-state index contributed by atoms with van der Waals surface area (Å²) in [4.78, 5) is 0. The number of methoxy groups -OCH3 is 2. The van der Waals surface area contributed by atoms with Crippen LogP contribution in [0.2, 0.25) is 0 Å². The van der Waals surface area contributed by atoms with Crippen molar-refractivity contribution < 1.29 is 9.47 Å². The van der Waals surface area contributed by atoms with Crippen LogP contribution in [0, 0.1) is 0 Å². The molecule has 0 saturated carbocycles. The smallest absolute Gasteiger partial charge is 0.0830 e. The molecule has 0 N–H and O–H groups in total. The van der Waals surface area contributed by atoms with Crippen molar-refractivity contribution in [1.29, 1.82) is 0 Å². The zero-order chi connectivity index (χ0) is 9.40. The predicted molar refractivity (Wildman–Crippen MR) is 51.4 cm³/mol. The summed E-state index contributed by atoms with van der Waals surface area (Å²) < 4.78 is 10.5. The molecule has 0 aliphatic heterocycles. The largest absolute Gasteiger partial charge is 0.379 e. The molecule has 0 rings (SSSR count). The van der Waals surface area contributed by atoms with Gasteiger partial charge in [0.15, 0.2) is 0 Å². The molecule has 0 aliphatic rings. The Kier molecular flexibility index (Phi) is 7.51. The fourth-order valence-electron chi connectivity index (χ4n) is 1.29. The standard InChI is InChI=1S/C10H22O2/c1-5-6-7-8-10(12-4)9(2)11-3/h9-10H,5-8H2,1-4H3. The molecule has 12 heavy (non-hydrogen) atoms. The Balaban J connectivity index is 3.52. The average Bonchev–Trinajstić information content (AvgIpc) is 2.11. The molecule has 2 atom stereocenters. The van der Waals surface area contributed by atoms with Gasteiger partial charge in [-0.15, -0.1) is 0 Å². The summed E-state index contributed by atoms with van der Waals surface area (Å²) >= 11 is 0. The number of ether oxygens (including phenoxy) is 2. The monoisotopic (exact) mass is 174 g/mol. The van der Waals surface area contributed by atoms with E-state index in [4.69, 9.17) is 9.47 Å². The van der Waals surface area contributed by atoms with Gasteiger partial charge in [-0.3, -0.25) is 0 Å². The van der Waals surface area contributed by atoms with Gasteiger partial charge in [0.2, 0.25) is 0 Å². The van der Waals surface area contributed by atoms with Crippen molar-refractivity contribution in [2.75, 3.05) is 14.2 Å². The van der Waals surface area contributed by atoms with Crippen LogP contribution in [-0.4, -0.2) is 26.4 Å². The maximum absolute atomic E-state index is 5.32. The fourth-order valence-corrected chi connectivity index (χ4v) is 1.29. The molecule has 0 amide bonds. The topological polar surface area (TPSA) is 18.5 Å². The SMILES string of the molecule is CCCCCC(OC)C(C)OC. The lowest BCUT2D eigenvalue weighted by molar-refractivity contribution is -0.0308. The molecule has 0 fully saturated rings. The minimum Gasteiger partial charge on any atom is -0.379 e. The highest BCUT2D eigenvalue weighted by molar-refractivity contribution is 4.65. The molecule has 0 radical (unpaired) electrons. The summed E-state index contributed by atoms with van der Waals surface area (Å²) in [5.74, 6) is 0. The Morgan fingerprint density at radius 3 is 2.17 bits per heavy atom. The third-order valence-electron chi connectivity index (χ3n) is 2.29. The molecule has 0 aliphatic carbocycles. The third kappa shape index (κ3) is 4.73.